The van der Waals surface area contributed by atoms with E-state index in [4.69, 9.17) is 37.0 Å². The van der Waals surface area contributed by atoms with Crippen molar-refractivity contribution >= 4 is 39.5 Å². The lowest BCUT2D eigenvalue weighted by molar-refractivity contribution is -0.161. The molecule has 2 unspecified atom stereocenters. The van der Waals surface area contributed by atoms with Crippen molar-refractivity contribution in [1.82, 2.24) is 0 Å². The van der Waals surface area contributed by atoms with Crippen LogP contribution in [0, 0.1) is 0 Å². The number of unbranched alkanes of at least 4 members (excludes halogenated alkanes) is 23. The Morgan fingerprint density at radius 2 is 0.509 bits per heavy atom. The number of carbonyl (C=O) groups excluding carboxylic acids is 4. The summed E-state index contributed by atoms with van der Waals surface area (Å²) in [4.78, 5) is 73.0. The SMILES string of the molecule is CC/C=C\C/C=C\C/C=C\C/C=C\C/C=C\C/C=C\CCC(=O)OC[C@H](COP(=O)(O)OC[C@@H](O)COP(=O)(O)OC[C@@H](COC(=O)CCCCCCC/C=C\CCCCCC)OC(=O)CC/C=C\C/C=C\C/C=C\C/C=C\C/C=C\C/C=C\CC)OC(=O)CCCCCCCCCCCCCCCCC. The summed E-state index contributed by atoms with van der Waals surface area (Å²) < 4.78 is 68.5. The van der Waals surface area contributed by atoms with E-state index in [1.807, 2.05) is 36.5 Å². The molecule has 0 heterocycles. The van der Waals surface area contributed by atoms with Crippen LogP contribution in [0.4, 0.5) is 0 Å². The van der Waals surface area contributed by atoms with Gasteiger partial charge >= 0.3 is 39.5 Å². The maximum absolute atomic E-state index is 13.1. The van der Waals surface area contributed by atoms with Gasteiger partial charge in [0, 0.05) is 25.7 Å². The molecule has 0 radical (unpaired) electrons. The molecule has 0 spiro atoms. The second-order valence-corrected chi connectivity index (χ2v) is 29.5. The van der Waals surface area contributed by atoms with Crippen molar-refractivity contribution in [2.45, 2.75) is 329 Å². The van der Waals surface area contributed by atoms with E-state index in [2.05, 4.69) is 149 Å². The minimum atomic E-state index is -5.01. The van der Waals surface area contributed by atoms with Crippen molar-refractivity contribution in [1.29, 1.82) is 0 Å². The molecule has 0 aromatic carbocycles. The van der Waals surface area contributed by atoms with E-state index >= 15 is 0 Å². The first-order valence-electron chi connectivity index (χ1n) is 40.7. The van der Waals surface area contributed by atoms with Gasteiger partial charge in [0.1, 0.15) is 19.3 Å². The van der Waals surface area contributed by atoms with Crippen LogP contribution in [0.1, 0.15) is 310 Å². The second-order valence-electron chi connectivity index (χ2n) is 26.6. The predicted molar refractivity (Wildman–Crippen MR) is 436 cm³/mol. The van der Waals surface area contributed by atoms with Crippen LogP contribution < -0.4 is 0 Å². The smallest absolute Gasteiger partial charge is 0.462 e. The molecule has 0 rings (SSSR count). The van der Waals surface area contributed by atoms with E-state index in [0.29, 0.717) is 38.5 Å². The van der Waals surface area contributed by atoms with Gasteiger partial charge in [-0.05, 0) is 128 Å². The number of esters is 4. The number of rotatable bonds is 75. The molecule has 19 heteroatoms. The van der Waals surface area contributed by atoms with Crippen LogP contribution in [-0.2, 0) is 65.4 Å². The molecule has 0 fully saturated rings. The van der Waals surface area contributed by atoms with Crippen molar-refractivity contribution < 1.29 is 80.2 Å². The van der Waals surface area contributed by atoms with Gasteiger partial charge in [0.25, 0.3) is 0 Å². The molecule has 0 amide bonds. The van der Waals surface area contributed by atoms with Crippen LogP contribution in [0.2, 0.25) is 0 Å². The highest BCUT2D eigenvalue weighted by molar-refractivity contribution is 7.47. The summed E-state index contributed by atoms with van der Waals surface area (Å²) in [6.07, 6.45) is 91.1. The highest BCUT2D eigenvalue weighted by atomic mass is 31.2. The summed E-state index contributed by atoms with van der Waals surface area (Å²) in [5.41, 5.74) is 0. The van der Waals surface area contributed by atoms with Gasteiger partial charge < -0.3 is 33.8 Å². The number of phosphoric ester groups is 2. The summed E-state index contributed by atoms with van der Waals surface area (Å²) in [5.74, 6) is -2.38. The fourth-order valence-electron chi connectivity index (χ4n) is 10.4. The molecular formula is C87H144O17P2. The fourth-order valence-corrected chi connectivity index (χ4v) is 12.0. The van der Waals surface area contributed by atoms with Crippen molar-refractivity contribution in [2.24, 2.45) is 0 Å². The predicted octanol–water partition coefficient (Wildman–Crippen LogP) is 24.0. The average Bonchev–Trinajstić information content (AvgIpc) is 0.902. The Balaban J connectivity index is 5.50. The minimum absolute atomic E-state index is 0.0321. The Morgan fingerprint density at radius 3 is 0.840 bits per heavy atom. The molecule has 5 atom stereocenters. The molecule has 0 bridgehead atoms. The molecule has 0 aliphatic rings. The quantitative estimate of drug-likeness (QED) is 0.0169. The third-order valence-electron chi connectivity index (χ3n) is 16.5. The molecular weight excluding hydrogens is 1380 g/mol. The van der Waals surface area contributed by atoms with Crippen LogP contribution in [0.5, 0.6) is 0 Å². The third-order valence-corrected chi connectivity index (χ3v) is 18.4. The van der Waals surface area contributed by atoms with Crippen LogP contribution in [0.15, 0.2) is 158 Å². The maximum atomic E-state index is 13.1. The van der Waals surface area contributed by atoms with E-state index in [1.165, 1.54) is 89.9 Å². The third kappa shape index (κ3) is 76.9. The van der Waals surface area contributed by atoms with Crippen LogP contribution in [-0.4, -0.2) is 96.7 Å². The zero-order valence-electron chi connectivity index (χ0n) is 66.1. The molecule has 0 saturated carbocycles. The number of ether oxygens (including phenoxy) is 4. The molecule has 17 nitrogen and oxygen atoms in total. The minimum Gasteiger partial charge on any atom is -0.462 e. The number of hydrogen-bond donors (Lipinski definition) is 3. The lowest BCUT2D eigenvalue weighted by atomic mass is 10.0. The van der Waals surface area contributed by atoms with E-state index in [9.17, 15) is 43.2 Å². The Labute approximate surface area is 642 Å². The normalized spacial score (nSPS) is 14.7. The molecule has 604 valence electrons. The molecule has 3 N–H and O–H groups in total. The molecule has 0 aliphatic heterocycles. The Bertz CT molecular complexity index is 2630. The number of aliphatic hydroxyl groups is 1. The highest BCUT2D eigenvalue weighted by Gasteiger charge is 2.30. The lowest BCUT2D eigenvalue weighted by Crippen LogP contribution is -2.30. The summed E-state index contributed by atoms with van der Waals surface area (Å²) in [6, 6.07) is 0. The van der Waals surface area contributed by atoms with Crippen molar-refractivity contribution in [2.75, 3.05) is 39.6 Å². The maximum Gasteiger partial charge on any atom is 0.472 e. The first-order chi connectivity index (χ1) is 51.7. The Kier molecular flexibility index (Phi) is 73.9. The van der Waals surface area contributed by atoms with Gasteiger partial charge in [-0.25, -0.2) is 9.13 Å². The van der Waals surface area contributed by atoms with Crippen molar-refractivity contribution in [3.8, 4) is 0 Å². The first-order valence-corrected chi connectivity index (χ1v) is 43.7. The summed E-state index contributed by atoms with van der Waals surface area (Å²) >= 11 is 0. The summed E-state index contributed by atoms with van der Waals surface area (Å²) in [7, 11) is -10.0. The zero-order chi connectivity index (χ0) is 77.4. The number of carbonyl (C=O) groups is 4. The van der Waals surface area contributed by atoms with E-state index < -0.39 is 97.5 Å². The van der Waals surface area contributed by atoms with E-state index in [0.717, 1.165) is 128 Å². The van der Waals surface area contributed by atoms with Crippen LogP contribution >= 0.6 is 15.6 Å². The molecule has 0 saturated heterocycles. The van der Waals surface area contributed by atoms with Gasteiger partial charge in [-0.1, -0.05) is 314 Å². The number of allylic oxidation sites excluding steroid dienone is 26. The van der Waals surface area contributed by atoms with Crippen molar-refractivity contribution in [3.05, 3.63) is 158 Å². The summed E-state index contributed by atoms with van der Waals surface area (Å²) in [5, 5.41) is 10.6. The standard InChI is InChI=1S/C87H144O17P2/c1-5-9-13-17-21-25-29-33-36-38-40-42-45-48-52-56-60-64-68-72-85(90)98-78-83(103-86(91)73-69-65-61-57-53-49-44-35-31-27-23-19-15-11-7-3)80-102-106(95,96)100-76-81(88)75-99-105(93,94)101-79-82(77-97-84(89)71-67-63-59-55-51-47-32-28-24-20-16-12-8-4)104-87(92)74-70-66-62-58-54-50-46-43-41-39-37-34-30-26-22-18-14-10-6-2/h9-10,13-14,21-22,25-26,28,32-34,36-37,40-43,48,50,52,54,60,62,64,66,81-83,88H,5-8,11-12,15-20,23-24,27,29-31,35,38-39,44-47,49,51,53,55-59,61,63,65,67-80H2,1-4H3,(H,93,94)(H,95,96)/b13-9-,14-10-,25-21-,26-22-,32-28-,36-33-,37-34-,42-40-,43-41-,52-48-,54-50-,64-60-,66-62-/t81-,82+,83+/m0/s1. The number of hydrogen-bond acceptors (Lipinski definition) is 15. The van der Waals surface area contributed by atoms with Gasteiger partial charge in [-0.15, -0.1) is 0 Å². The van der Waals surface area contributed by atoms with Crippen LogP contribution in [0.25, 0.3) is 0 Å². The van der Waals surface area contributed by atoms with Crippen molar-refractivity contribution in [3.63, 3.8) is 0 Å². The van der Waals surface area contributed by atoms with Gasteiger partial charge in [0.05, 0.1) is 26.4 Å². The summed E-state index contributed by atoms with van der Waals surface area (Å²) in [6.45, 7) is 4.46. The molecule has 0 aromatic heterocycles. The van der Waals surface area contributed by atoms with E-state index in [-0.39, 0.29) is 25.7 Å². The average molecular weight is 1520 g/mol. The van der Waals surface area contributed by atoms with Gasteiger partial charge in [-0.3, -0.25) is 37.3 Å². The number of phosphoric acid groups is 2. The molecule has 0 aliphatic carbocycles. The fraction of sp³-hybridized carbons (Fsp3) is 0.655. The second kappa shape index (κ2) is 77.8. The Hall–Kier alpha value is -5.32. The number of aliphatic hydroxyl groups excluding tert-OH is 1. The Morgan fingerprint density at radius 1 is 0.274 bits per heavy atom. The molecule has 106 heavy (non-hydrogen) atoms. The largest absolute Gasteiger partial charge is 0.472 e. The molecule has 0 aromatic rings. The first kappa shape index (κ1) is 101. The lowest BCUT2D eigenvalue weighted by Gasteiger charge is -2.21. The van der Waals surface area contributed by atoms with Crippen LogP contribution in [0.3, 0.4) is 0 Å². The highest BCUT2D eigenvalue weighted by Crippen LogP contribution is 2.45. The van der Waals surface area contributed by atoms with Gasteiger partial charge in [0.15, 0.2) is 12.2 Å². The monoisotopic (exact) mass is 1520 g/mol. The zero-order valence-corrected chi connectivity index (χ0v) is 67.8. The van der Waals surface area contributed by atoms with E-state index in [1.54, 1.807) is 0 Å². The van der Waals surface area contributed by atoms with Gasteiger partial charge in [-0.2, -0.15) is 0 Å². The van der Waals surface area contributed by atoms with Gasteiger partial charge in [0.2, 0.25) is 0 Å². The topological polar surface area (TPSA) is 237 Å².